The van der Waals surface area contributed by atoms with E-state index in [1.165, 1.54) is 23.1 Å². The van der Waals surface area contributed by atoms with E-state index in [2.05, 4.69) is 0 Å². The fourth-order valence-corrected chi connectivity index (χ4v) is 3.65. The molecule has 3 rings (SSSR count). The number of hydrogen-bond acceptors (Lipinski definition) is 4. The van der Waals surface area contributed by atoms with E-state index in [0.717, 1.165) is 12.8 Å². The fraction of sp³-hybridized carbons (Fsp3) is 0.409. The Morgan fingerprint density at radius 2 is 1.86 bits per heavy atom. The van der Waals surface area contributed by atoms with Gasteiger partial charge >= 0.3 is 5.97 Å². The number of carbonyl (C=O) groups is 3. The van der Waals surface area contributed by atoms with Crippen LogP contribution in [-0.2, 0) is 11.8 Å². The molecule has 0 radical (unpaired) electrons. The summed E-state index contributed by atoms with van der Waals surface area (Å²) < 4.78 is 20.8. The summed E-state index contributed by atoms with van der Waals surface area (Å²) in [6, 6.07) is 5.71. The van der Waals surface area contributed by atoms with Crippen LogP contribution in [-0.4, -0.2) is 46.3 Å². The van der Waals surface area contributed by atoms with E-state index in [0.29, 0.717) is 22.5 Å². The van der Waals surface area contributed by atoms with Gasteiger partial charge in [0.05, 0.1) is 18.7 Å². The largest absolute Gasteiger partial charge is 0.461 e. The van der Waals surface area contributed by atoms with Crippen molar-refractivity contribution in [2.45, 2.75) is 39.7 Å². The minimum absolute atomic E-state index is 0.0408. The second-order valence-electron chi connectivity index (χ2n) is 7.28. The Hall–Kier alpha value is -2.96. The summed E-state index contributed by atoms with van der Waals surface area (Å²) in [6.07, 6.45) is 1.57. The first kappa shape index (κ1) is 20.8. The van der Waals surface area contributed by atoms with Gasteiger partial charge in [-0.05, 0) is 51.3 Å². The first-order valence-corrected chi connectivity index (χ1v) is 9.69. The number of ether oxygens (including phenoxy) is 1. The summed E-state index contributed by atoms with van der Waals surface area (Å²) in [7, 11) is 1.70. The lowest BCUT2D eigenvalue weighted by molar-refractivity contribution is 0.0513. The van der Waals surface area contributed by atoms with E-state index in [1.54, 1.807) is 38.5 Å². The lowest BCUT2D eigenvalue weighted by Crippen LogP contribution is -2.38. The molecule has 1 saturated carbocycles. The first-order valence-electron chi connectivity index (χ1n) is 9.69. The van der Waals surface area contributed by atoms with Crippen LogP contribution in [0.25, 0.3) is 0 Å². The van der Waals surface area contributed by atoms with Crippen LogP contribution in [0.15, 0.2) is 24.3 Å². The zero-order valence-electron chi connectivity index (χ0n) is 17.1. The molecule has 1 heterocycles. The molecule has 1 aliphatic carbocycles. The number of hydrogen-bond donors (Lipinski definition) is 0. The van der Waals surface area contributed by atoms with Crippen LogP contribution in [0.1, 0.15) is 62.2 Å². The zero-order chi connectivity index (χ0) is 21.3. The minimum atomic E-state index is -0.604. The second-order valence-corrected chi connectivity index (χ2v) is 7.28. The molecule has 1 amide bonds. The molecule has 0 aliphatic heterocycles. The average molecular weight is 400 g/mol. The highest BCUT2D eigenvalue weighted by Gasteiger charge is 2.36. The maximum absolute atomic E-state index is 14.1. The van der Waals surface area contributed by atoms with Crippen LogP contribution in [0.5, 0.6) is 0 Å². The fourth-order valence-electron chi connectivity index (χ4n) is 3.65. The third-order valence-electron chi connectivity index (χ3n) is 5.34. The normalized spacial score (nSPS) is 13.3. The summed E-state index contributed by atoms with van der Waals surface area (Å²) in [5, 5.41) is 0. The Labute approximate surface area is 169 Å². The maximum atomic E-state index is 14.1. The monoisotopic (exact) mass is 400 g/mol. The van der Waals surface area contributed by atoms with Crippen molar-refractivity contribution >= 4 is 17.7 Å². The van der Waals surface area contributed by atoms with Gasteiger partial charge in [-0.3, -0.25) is 9.59 Å². The molecule has 6 nitrogen and oxygen atoms in total. The predicted octanol–water partition coefficient (Wildman–Crippen LogP) is 3.45. The molecule has 0 atom stereocenters. The van der Waals surface area contributed by atoms with Crippen molar-refractivity contribution in [2.75, 3.05) is 13.2 Å². The van der Waals surface area contributed by atoms with Gasteiger partial charge < -0.3 is 14.2 Å². The quantitative estimate of drug-likeness (QED) is 0.527. The molecular formula is C22H25FN2O4. The number of halogens is 1. The molecule has 154 valence electrons. The van der Waals surface area contributed by atoms with E-state index >= 15 is 0 Å². The maximum Gasteiger partial charge on any atom is 0.355 e. The highest BCUT2D eigenvalue weighted by atomic mass is 19.1. The molecule has 2 aromatic rings. The summed E-state index contributed by atoms with van der Waals surface area (Å²) in [5.41, 5.74) is 1.85. The van der Waals surface area contributed by atoms with Crippen molar-refractivity contribution in [3.63, 3.8) is 0 Å². The molecule has 0 unspecified atom stereocenters. The van der Waals surface area contributed by atoms with Crippen molar-refractivity contribution in [1.82, 2.24) is 9.47 Å². The lowest BCUT2D eigenvalue weighted by atomic mass is 10.0. The highest BCUT2D eigenvalue weighted by molar-refractivity contribution is 6.06. The second kappa shape index (κ2) is 8.19. The standard InChI is InChI=1S/C22H25FN2O4/c1-5-29-22(28)20-13(2)19(14(3)24(20)4)18(26)12-25(15-10-11-15)21(27)16-8-6-7-9-17(16)23/h6-9,15H,5,10-12H2,1-4H3. The van der Waals surface area contributed by atoms with Crippen molar-refractivity contribution in [2.24, 2.45) is 7.05 Å². The number of benzene rings is 1. The van der Waals surface area contributed by atoms with Crippen LogP contribution in [0.4, 0.5) is 4.39 Å². The molecule has 0 spiro atoms. The van der Waals surface area contributed by atoms with Gasteiger partial charge in [-0.15, -0.1) is 0 Å². The number of Topliss-reactive ketones (excluding diaryl/α,β-unsaturated/α-hetero) is 1. The Bertz CT molecular complexity index is 975. The molecule has 1 aliphatic rings. The van der Waals surface area contributed by atoms with Gasteiger partial charge in [0.25, 0.3) is 5.91 Å². The minimum Gasteiger partial charge on any atom is -0.461 e. The zero-order valence-corrected chi connectivity index (χ0v) is 17.1. The van der Waals surface area contributed by atoms with Crippen molar-refractivity contribution in [1.29, 1.82) is 0 Å². The van der Waals surface area contributed by atoms with Gasteiger partial charge in [0.2, 0.25) is 0 Å². The highest BCUT2D eigenvalue weighted by Crippen LogP contribution is 2.30. The van der Waals surface area contributed by atoms with Gasteiger partial charge in [-0.2, -0.15) is 0 Å². The van der Waals surface area contributed by atoms with E-state index < -0.39 is 17.7 Å². The van der Waals surface area contributed by atoms with Gasteiger partial charge in [-0.25, -0.2) is 9.18 Å². The van der Waals surface area contributed by atoms with Gasteiger partial charge in [0.1, 0.15) is 11.5 Å². The molecule has 7 heteroatoms. The number of ketones is 1. The molecular weight excluding hydrogens is 375 g/mol. The lowest BCUT2D eigenvalue weighted by Gasteiger charge is -2.22. The number of aromatic nitrogens is 1. The number of esters is 1. The molecule has 0 bridgehead atoms. The molecule has 1 fully saturated rings. The Morgan fingerprint density at radius 1 is 1.21 bits per heavy atom. The van der Waals surface area contributed by atoms with Crippen molar-refractivity contribution in [3.8, 4) is 0 Å². The third kappa shape index (κ3) is 3.95. The molecule has 0 saturated heterocycles. The summed E-state index contributed by atoms with van der Waals surface area (Å²) in [5.74, 6) is -1.86. The van der Waals surface area contributed by atoms with E-state index in [4.69, 9.17) is 4.74 Å². The Morgan fingerprint density at radius 3 is 2.45 bits per heavy atom. The third-order valence-corrected chi connectivity index (χ3v) is 5.34. The predicted molar refractivity (Wildman–Crippen MR) is 106 cm³/mol. The van der Waals surface area contributed by atoms with Crippen LogP contribution < -0.4 is 0 Å². The van der Waals surface area contributed by atoms with E-state index in [1.807, 2.05) is 0 Å². The van der Waals surface area contributed by atoms with Crippen LogP contribution in [0.3, 0.4) is 0 Å². The number of carbonyl (C=O) groups excluding carboxylic acids is 3. The van der Waals surface area contributed by atoms with Crippen molar-refractivity contribution < 1.29 is 23.5 Å². The average Bonchev–Trinajstić information content (AvgIpc) is 3.48. The first-order chi connectivity index (χ1) is 13.8. The molecule has 29 heavy (non-hydrogen) atoms. The van der Waals surface area contributed by atoms with E-state index in [-0.39, 0.29) is 30.5 Å². The smallest absolute Gasteiger partial charge is 0.355 e. The molecule has 1 aromatic carbocycles. The molecule has 0 N–H and O–H groups in total. The van der Waals surface area contributed by atoms with Crippen LogP contribution >= 0.6 is 0 Å². The number of nitrogens with zero attached hydrogens (tertiary/aromatic N) is 2. The summed E-state index contributed by atoms with van der Waals surface area (Å²) in [4.78, 5) is 39.8. The van der Waals surface area contributed by atoms with Gasteiger partial charge in [0.15, 0.2) is 5.78 Å². The summed E-state index contributed by atoms with van der Waals surface area (Å²) >= 11 is 0. The van der Waals surface area contributed by atoms with E-state index in [9.17, 15) is 18.8 Å². The Kier molecular flexibility index (Phi) is 5.86. The van der Waals surface area contributed by atoms with Crippen molar-refractivity contribution in [3.05, 3.63) is 58.2 Å². The SMILES string of the molecule is CCOC(=O)c1c(C)c(C(=O)CN(C(=O)c2ccccc2F)C2CC2)c(C)n1C. The number of rotatable bonds is 7. The van der Waals surface area contributed by atoms with Crippen LogP contribution in [0, 0.1) is 19.7 Å². The summed E-state index contributed by atoms with van der Waals surface area (Å²) in [6.45, 7) is 5.25. The Balaban J connectivity index is 1.90. The van der Waals surface area contributed by atoms with Crippen LogP contribution in [0.2, 0.25) is 0 Å². The number of amides is 1. The van der Waals surface area contributed by atoms with Gasteiger partial charge in [-0.1, -0.05) is 12.1 Å². The van der Waals surface area contributed by atoms with Gasteiger partial charge in [0, 0.05) is 24.3 Å². The molecule has 1 aromatic heterocycles. The topological polar surface area (TPSA) is 68.6 Å².